The molecule has 2 N–H and O–H groups in total. The second kappa shape index (κ2) is 10.3. The van der Waals surface area contributed by atoms with E-state index in [1.165, 1.54) is 10.5 Å². The molecule has 1 aliphatic carbocycles. The number of Topliss-reactive ketones (excluding diaryl/α,β-unsaturated/α-hetero) is 1. The lowest BCUT2D eigenvalue weighted by molar-refractivity contribution is 0.0917. The minimum atomic E-state index is -0.869. The molecule has 2 aliphatic heterocycles. The Bertz CT molecular complexity index is 1410. The SMILES string of the molecule is CC1(C)CC(=O)c2sc(N3CCOCC3)c(-c3ccnc(-c4cccc(N[C@H]5CCN(C(=O)O)C5)c4)c3)c2C1. The van der Waals surface area contributed by atoms with Crippen molar-refractivity contribution in [3.8, 4) is 22.4 Å². The van der Waals surface area contributed by atoms with Crippen molar-refractivity contribution in [2.24, 2.45) is 5.41 Å². The predicted octanol–water partition coefficient (Wildman–Crippen LogP) is 5.63. The number of thiophene rings is 1. The second-order valence-corrected chi connectivity index (χ2v) is 12.5. The lowest BCUT2D eigenvalue weighted by Crippen LogP contribution is -2.36. The largest absolute Gasteiger partial charge is 0.465 e. The highest BCUT2D eigenvalue weighted by Crippen LogP contribution is 2.49. The molecule has 8 nitrogen and oxygen atoms in total. The van der Waals surface area contributed by atoms with Gasteiger partial charge in [-0.1, -0.05) is 26.0 Å². The van der Waals surface area contributed by atoms with Crippen LogP contribution in [0.4, 0.5) is 15.5 Å². The Kier molecular flexibility index (Phi) is 6.81. The number of nitrogens with one attached hydrogen (secondary N) is 1. The van der Waals surface area contributed by atoms with E-state index < -0.39 is 6.09 Å². The lowest BCUT2D eigenvalue weighted by Gasteiger charge is -2.30. The fourth-order valence-corrected chi connectivity index (χ4v) is 7.32. The Hall–Kier alpha value is -3.43. The molecule has 6 rings (SSSR count). The molecule has 0 spiro atoms. The molecule has 204 valence electrons. The molecule has 3 aromatic rings. The number of carbonyl (C=O) groups is 2. The van der Waals surface area contributed by atoms with Gasteiger partial charge in [-0.3, -0.25) is 9.78 Å². The molecule has 2 saturated heterocycles. The molecule has 1 atom stereocenters. The van der Waals surface area contributed by atoms with E-state index in [0.717, 1.165) is 63.9 Å². The number of carboxylic acid groups (broad SMARTS) is 1. The van der Waals surface area contributed by atoms with Gasteiger partial charge in [0.15, 0.2) is 5.78 Å². The fourth-order valence-electron chi connectivity index (χ4n) is 5.99. The van der Waals surface area contributed by atoms with Gasteiger partial charge >= 0.3 is 6.09 Å². The molecular formula is C30H34N4O4S. The number of hydrogen-bond acceptors (Lipinski definition) is 7. The van der Waals surface area contributed by atoms with E-state index >= 15 is 0 Å². The highest BCUT2D eigenvalue weighted by Gasteiger charge is 2.37. The minimum Gasteiger partial charge on any atom is -0.465 e. The van der Waals surface area contributed by atoms with Gasteiger partial charge in [-0.25, -0.2) is 4.79 Å². The van der Waals surface area contributed by atoms with Gasteiger partial charge in [-0.15, -0.1) is 11.3 Å². The first-order valence-corrected chi connectivity index (χ1v) is 14.4. The summed E-state index contributed by atoms with van der Waals surface area (Å²) < 4.78 is 5.62. The average molecular weight is 547 g/mol. The summed E-state index contributed by atoms with van der Waals surface area (Å²) in [5.74, 6) is 0.244. The number of likely N-dealkylation sites (tertiary alicyclic amines) is 1. The zero-order chi connectivity index (χ0) is 27.1. The molecule has 0 unspecified atom stereocenters. The molecule has 2 aromatic heterocycles. The van der Waals surface area contributed by atoms with Crippen LogP contribution >= 0.6 is 11.3 Å². The first kappa shape index (κ1) is 25.8. The van der Waals surface area contributed by atoms with Crippen LogP contribution in [-0.4, -0.2) is 72.3 Å². The number of carbonyl (C=O) groups excluding carboxylic acids is 1. The van der Waals surface area contributed by atoms with E-state index in [1.807, 2.05) is 24.4 Å². The maximum absolute atomic E-state index is 13.2. The predicted molar refractivity (Wildman–Crippen MR) is 154 cm³/mol. The summed E-state index contributed by atoms with van der Waals surface area (Å²) in [5.41, 5.74) is 6.14. The van der Waals surface area contributed by atoms with Crippen LogP contribution in [0.25, 0.3) is 22.4 Å². The standard InChI is InChI=1S/C30H34N4O4S/c1-30(2)16-23-26(28(33-10-12-38-13-11-33)39-27(23)25(35)17-30)20-6-8-31-24(15-20)19-4-3-5-21(14-19)32-22-7-9-34(18-22)29(36)37/h3-6,8,14-15,22,32H,7,9-13,16-18H2,1-2H3,(H,36,37)/t22-/m0/s1. The molecule has 1 aromatic carbocycles. The van der Waals surface area contributed by atoms with Gasteiger partial charge in [0, 0.05) is 61.7 Å². The Morgan fingerprint density at radius 2 is 1.95 bits per heavy atom. The second-order valence-electron chi connectivity index (χ2n) is 11.5. The number of aromatic nitrogens is 1. The number of morpholine rings is 1. The number of benzene rings is 1. The smallest absolute Gasteiger partial charge is 0.407 e. The van der Waals surface area contributed by atoms with Crippen LogP contribution in [-0.2, 0) is 11.2 Å². The molecule has 1 amide bonds. The molecule has 0 saturated carbocycles. The van der Waals surface area contributed by atoms with Gasteiger partial charge in [0.1, 0.15) is 0 Å². The summed E-state index contributed by atoms with van der Waals surface area (Å²) in [4.78, 5) is 34.0. The minimum absolute atomic E-state index is 0.0749. The maximum atomic E-state index is 13.2. The lowest BCUT2D eigenvalue weighted by atomic mass is 9.75. The molecular weight excluding hydrogens is 512 g/mol. The zero-order valence-electron chi connectivity index (χ0n) is 22.4. The van der Waals surface area contributed by atoms with Crippen molar-refractivity contribution in [3.63, 3.8) is 0 Å². The number of fused-ring (bicyclic) bond motifs is 1. The van der Waals surface area contributed by atoms with Crippen LogP contribution in [0, 0.1) is 5.41 Å². The van der Waals surface area contributed by atoms with Crippen molar-refractivity contribution in [2.75, 3.05) is 49.6 Å². The first-order chi connectivity index (χ1) is 18.8. The maximum Gasteiger partial charge on any atom is 0.407 e. The quantitative estimate of drug-likeness (QED) is 0.428. The number of amides is 1. The summed E-state index contributed by atoms with van der Waals surface area (Å²) in [7, 11) is 0. The Morgan fingerprint density at radius 3 is 2.72 bits per heavy atom. The summed E-state index contributed by atoms with van der Waals surface area (Å²) in [6.45, 7) is 8.40. The third kappa shape index (κ3) is 5.25. The molecule has 39 heavy (non-hydrogen) atoms. The van der Waals surface area contributed by atoms with Crippen LogP contribution < -0.4 is 10.2 Å². The molecule has 2 fully saturated rings. The van der Waals surface area contributed by atoms with Crippen LogP contribution in [0.1, 0.15) is 41.9 Å². The number of ketones is 1. The third-order valence-corrected chi connectivity index (χ3v) is 9.20. The Labute approximate surface area is 232 Å². The molecule has 9 heteroatoms. The number of hydrogen-bond donors (Lipinski definition) is 2. The van der Waals surface area contributed by atoms with E-state index in [2.05, 4.69) is 42.3 Å². The van der Waals surface area contributed by atoms with Gasteiger partial charge in [0.05, 0.1) is 28.8 Å². The molecule has 4 heterocycles. The summed E-state index contributed by atoms with van der Waals surface area (Å²) in [6.07, 6.45) is 3.22. The highest BCUT2D eigenvalue weighted by molar-refractivity contribution is 7.19. The topological polar surface area (TPSA) is 95.0 Å². The summed E-state index contributed by atoms with van der Waals surface area (Å²) in [6, 6.07) is 12.4. The van der Waals surface area contributed by atoms with E-state index in [-0.39, 0.29) is 17.2 Å². The molecule has 0 bridgehead atoms. The first-order valence-electron chi connectivity index (χ1n) is 13.6. The van der Waals surface area contributed by atoms with Gasteiger partial charge in [0.2, 0.25) is 0 Å². The van der Waals surface area contributed by atoms with Crippen molar-refractivity contribution in [1.82, 2.24) is 9.88 Å². The van der Waals surface area contributed by atoms with Crippen molar-refractivity contribution < 1.29 is 19.4 Å². The van der Waals surface area contributed by atoms with Gasteiger partial charge in [-0.2, -0.15) is 0 Å². The van der Waals surface area contributed by atoms with Gasteiger partial charge in [-0.05, 0) is 53.6 Å². The van der Waals surface area contributed by atoms with Gasteiger partial charge < -0.3 is 25.0 Å². The van der Waals surface area contributed by atoms with E-state index in [1.54, 1.807) is 11.3 Å². The van der Waals surface area contributed by atoms with Crippen molar-refractivity contribution in [3.05, 3.63) is 53.0 Å². The van der Waals surface area contributed by atoms with Crippen molar-refractivity contribution >= 4 is 33.9 Å². The van der Waals surface area contributed by atoms with Crippen molar-refractivity contribution in [2.45, 2.75) is 39.2 Å². The van der Waals surface area contributed by atoms with E-state index in [4.69, 9.17) is 9.72 Å². The fraction of sp³-hybridized carbons (Fsp3) is 0.433. The molecule has 3 aliphatic rings. The normalized spacial score (nSPS) is 20.7. The van der Waals surface area contributed by atoms with Crippen LogP contribution in [0.3, 0.4) is 0 Å². The van der Waals surface area contributed by atoms with Crippen molar-refractivity contribution in [1.29, 1.82) is 0 Å². The number of ether oxygens (including phenoxy) is 1. The number of rotatable bonds is 5. The van der Waals surface area contributed by atoms with Crippen LogP contribution in [0.2, 0.25) is 0 Å². The third-order valence-electron chi connectivity index (χ3n) is 7.87. The number of nitrogens with zero attached hydrogens (tertiary/aromatic N) is 3. The Balaban J connectivity index is 1.35. The van der Waals surface area contributed by atoms with Crippen LogP contribution in [0.5, 0.6) is 0 Å². The Morgan fingerprint density at radius 1 is 1.13 bits per heavy atom. The number of anilines is 2. The zero-order valence-corrected chi connectivity index (χ0v) is 23.2. The summed E-state index contributed by atoms with van der Waals surface area (Å²) >= 11 is 1.64. The van der Waals surface area contributed by atoms with Crippen LogP contribution in [0.15, 0.2) is 42.6 Å². The molecule has 0 radical (unpaired) electrons. The number of pyridine rings is 1. The summed E-state index contributed by atoms with van der Waals surface area (Å²) in [5, 5.41) is 13.9. The van der Waals surface area contributed by atoms with E-state index in [9.17, 15) is 14.7 Å². The van der Waals surface area contributed by atoms with Gasteiger partial charge in [0.25, 0.3) is 0 Å². The van der Waals surface area contributed by atoms with E-state index in [0.29, 0.717) is 32.7 Å². The average Bonchev–Trinajstić information content (AvgIpc) is 3.54. The highest BCUT2D eigenvalue weighted by atomic mass is 32.1. The monoisotopic (exact) mass is 546 g/mol.